The van der Waals surface area contributed by atoms with Gasteiger partial charge in [0.15, 0.2) is 0 Å². The number of benzene rings is 1. The van der Waals surface area contributed by atoms with Crippen LogP contribution >= 0.6 is 11.3 Å². The van der Waals surface area contributed by atoms with Crippen molar-refractivity contribution in [3.8, 4) is 22.4 Å². The fourth-order valence-electron chi connectivity index (χ4n) is 3.55. The highest BCUT2D eigenvalue weighted by molar-refractivity contribution is 7.18. The highest BCUT2D eigenvalue weighted by Crippen LogP contribution is 2.32. The summed E-state index contributed by atoms with van der Waals surface area (Å²) in [5.41, 5.74) is 6.88. The van der Waals surface area contributed by atoms with Crippen molar-refractivity contribution in [2.45, 2.75) is 19.4 Å². The molecule has 0 aliphatic rings. The summed E-state index contributed by atoms with van der Waals surface area (Å²) in [6.45, 7) is 9.19. The number of hydrogen-bond donors (Lipinski definition) is 2. The Morgan fingerprint density at radius 2 is 2.10 bits per heavy atom. The van der Waals surface area contributed by atoms with E-state index in [0.29, 0.717) is 18.0 Å². The Hall–Kier alpha value is -3.54. The van der Waals surface area contributed by atoms with Crippen LogP contribution in [0.3, 0.4) is 0 Å². The molecule has 8 heteroatoms. The molecule has 0 aliphatic heterocycles. The Balaban J connectivity index is 1.56. The van der Waals surface area contributed by atoms with E-state index in [1.165, 1.54) is 11.3 Å². The van der Waals surface area contributed by atoms with Gasteiger partial charge in [0, 0.05) is 28.6 Å². The molecule has 0 aliphatic carbocycles. The van der Waals surface area contributed by atoms with E-state index in [2.05, 4.69) is 41.7 Å². The van der Waals surface area contributed by atoms with Gasteiger partial charge in [0.2, 0.25) is 6.54 Å². The summed E-state index contributed by atoms with van der Waals surface area (Å²) in [4.78, 5) is 12.4. The number of H-pyrrole nitrogens is 1. The first-order valence-corrected chi connectivity index (χ1v) is 10.4. The SMILES string of the molecule is [C-]#[N+]CC[C@H](O)c1nc2ccc(-c3cnc4ccc(-c5cn[nH]c5C)cn34)cc2s1. The van der Waals surface area contributed by atoms with Crippen molar-refractivity contribution in [1.29, 1.82) is 0 Å². The van der Waals surface area contributed by atoms with E-state index in [9.17, 15) is 5.11 Å². The summed E-state index contributed by atoms with van der Waals surface area (Å²) in [5.74, 6) is 0. The van der Waals surface area contributed by atoms with E-state index >= 15 is 0 Å². The van der Waals surface area contributed by atoms with Crippen molar-refractivity contribution in [1.82, 2.24) is 24.6 Å². The Labute approximate surface area is 176 Å². The number of aliphatic hydroxyl groups is 1. The molecule has 0 radical (unpaired) electrons. The minimum atomic E-state index is -0.698. The Kier molecular flexibility index (Phi) is 4.54. The lowest BCUT2D eigenvalue weighted by Crippen LogP contribution is -1.97. The molecule has 7 nitrogen and oxygen atoms in total. The molecule has 0 spiro atoms. The quantitative estimate of drug-likeness (QED) is 0.410. The number of nitrogens with one attached hydrogen (secondary N) is 1. The molecule has 0 saturated carbocycles. The maximum absolute atomic E-state index is 10.3. The number of thiazole rings is 1. The van der Waals surface area contributed by atoms with Gasteiger partial charge in [-0.15, -0.1) is 11.3 Å². The van der Waals surface area contributed by atoms with Crippen molar-refractivity contribution in [3.05, 3.63) is 71.0 Å². The topological polar surface area (TPSA) is 83.5 Å². The third kappa shape index (κ3) is 3.14. The molecule has 4 heterocycles. The Morgan fingerprint density at radius 3 is 2.90 bits per heavy atom. The lowest BCUT2D eigenvalue weighted by atomic mass is 10.1. The molecule has 2 N–H and O–H groups in total. The highest BCUT2D eigenvalue weighted by atomic mass is 32.1. The van der Waals surface area contributed by atoms with Gasteiger partial charge in [0.1, 0.15) is 16.8 Å². The van der Waals surface area contributed by atoms with Crippen LogP contribution in [0.5, 0.6) is 0 Å². The van der Waals surface area contributed by atoms with Crippen LogP contribution in [0.1, 0.15) is 23.2 Å². The monoisotopic (exact) mass is 414 g/mol. The predicted octanol–water partition coefficient (Wildman–Crippen LogP) is 4.65. The van der Waals surface area contributed by atoms with Gasteiger partial charge in [0.25, 0.3) is 0 Å². The highest BCUT2D eigenvalue weighted by Gasteiger charge is 2.16. The Bertz CT molecular complexity index is 1410. The van der Waals surface area contributed by atoms with Crippen LogP contribution in [-0.2, 0) is 0 Å². The molecule has 148 valence electrons. The van der Waals surface area contributed by atoms with E-state index < -0.39 is 6.10 Å². The van der Waals surface area contributed by atoms with Crippen LogP contribution in [0.25, 0.3) is 43.1 Å². The van der Waals surface area contributed by atoms with Crippen LogP contribution in [0.2, 0.25) is 0 Å². The molecule has 0 saturated heterocycles. The fraction of sp³-hybridized carbons (Fsp3) is 0.182. The second-order valence-corrected chi connectivity index (χ2v) is 8.18. The molecule has 0 amide bonds. The molecular weight excluding hydrogens is 396 g/mol. The van der Waals surface area contributed by atoms with Gasteiger partial charge in [-0.2, -0.15) is 5.10 Å². The van der Waals surface area contributed by atoms with Crippen LogP contribution in [0, 0.1) is 13.5 Å². The van der Waals surface area contributed by atoms with Crippen LogP contribution in [0.4, 0.5) is 0 Å². The molecular formula is C22H18N6OS. The smallest absolute Gasteiger partial charge is 0.217 e. The number of aromatic nitrogens is 5. The maximum Gasteiger partial charge on any atom is 0.217 e. The zero-order chi connectivity index (χ0) is 20.7. The van der Waals surface area contributed by atoms with E-state index in [1.54, 1.807) is 0 Å². The largest absolute Gasteiger partial charge is 0.386 e. The zero-order valence-electron chi connectivity index (χ0n) is 16.2. The van der Waals surface area contributed by atoms with Gasteiger partial charge in [-0.25, -0.2) is 16.5 Å². The number of aryl methyl sites for hydroxylation is 1. The lowest BCUT2D eigenvalue weighted by molar-refractivity contribution is 0.172. The van der Waals surface area contributed by atoms with Gasteiger partial charge in [-0.1, -0.05) is 6.07 Å². The second kappa shape index (κ2) is 7.37. The van der Waals surface area contributed by atoms with Crippen LogP contribution < -0.4 is 0 Å². The minimum Gasteiger partial charge on any atom is -0.386 e. The maximum atomic E-state index is 10.3. The molecule has 0 unspecified atom stereocenters. The van der Waals surface area contributed by atoms with E-state index in [1.807, 2.05) is 43.6 Å². The van der Waals surface area contributed by atoms with E-state index in [4.69, 9.17) is 6.57 Å². The first-order valence-electron chi connectivity index (χ1n) is 9.53. The van der Waals surface area contributed by atoms with Gasteiger partial charge >= 0.3 is 0 Å². The Morgan fingerprint density at radius 1 is 1.23 bits per heavy atom. The summed E-state index contributed by atoms with van der Waals surface area (Å²) in [6.07, 6.45) is 5.48. The summed E-state index contributed by atoms with van der Waals surface area (Å²) >= 11 is 1.47. The van der Waals surface area contributed by atoms with Crippen LogP contribution in [-0.4, -0.2) is 36.2 Å². The van der Waals surface area contributed by atoms with Gasteiger partial charge in [0.05, 0.1) is 34.7 Å². The predicted molar refractivity (Wildman–Crippen MR) is 117 cm³/mol. The molecule has 4 aromatic heterocycles. The number of aromatic amines is 1. The van der Waals surface area contributed by atoms with Gasteiger partial charge in [-0.05, 0) is 31.2 Å². The average Bonchev–Trinajstić information content (AvgIpc) is 3.48. The summed E-state index contributed by atoms with van der Waals surface area (Å²) in [5, 5.41) is 18.0. The van der Waals surface area contributed by atoms with Gasteiger partial charge < -0.3 is 9.95 Å². The lowest BCUT2D eigenvalue weighted by Gasteiger charge is -2.05. The number of nitrogens with zero attached hydrogens (tertiary/aromatic N) is 5. The number of rotatable bonds is 5. The molecule has 30 heavy (non-hydrogen) atoms. The average molecular weight is 414 g/mol. The standard InChI is InChI=1S/C22H18N6OS/c1-13-16(10-25-27-13)15-4-6-21-24-11-18(28(21)12-15)14-3-5-17-20(9-14)30-22(26-17)19(29)7-8-23-2/h3-6,9-12,19,29H,7-8H2,1H3,(H,25,27)/t19-/m0/s1. The molecule has 5 aromatic rings. The molecule has 1 atom stereocenters. The van der Waals surface area contributed by atoms with Crippen molar-refractivity contribution in [2.75, 3.05) is 6.54 Å². The molecule has 1 aromatic carbocycles. The van der Waals surface area contributed by atoms with Crippen LogP contribution in [0.15, 0.2) is 48.9 Å². The van der Waals surface area contributed by atoms with E-state index in [-0.39, 0.29) is 0 Å². The van der Waals surface area contributed by atoms with E-state index in [0.717, 1.165) is 43.9 Å². The molecule has 0 bridgehead atoms. The van der Waals surface area contributed by atoms with Crippen molar-refractivity contribution < 1.29 is 5.11 Å². The fourth-order valence-corrected chi connectivity index (χ4v) is 4.58. The summed E-state index contributed by atoms with van der Waals surface area (Å²) in [7, 11) is 0. The second-order valence-electron chi connectivity index (χ2n) is 7.12. The van der Waals surface area contributed by atoms with Crippen molar-refractivity contribution >= 4 is 27.2 Å². The third-order valence-corrected chi connectivity index (χ3v) is 6.27. The number of hydrogen-bond acceptors (Lipinski definition) is 5. The first kappa shape index (κ1) is 18.5. The third-order valence-electron chi connectivity index (χ3n) is 5.15. The number of imidazole rings is 1. The summed E-state index contributed by atoms with van der Waals surface area (Å²) in [6, 6.07) is 10.1. The number of pyridine rings is 1. The zero-order valence-corrected chi connectivity index (χ0v) is 17.0. The normalized spacial score (nSPS) is 12.4. The molecule has 0 fully saturated rings. The van der Waals surface area contributed by atoms with Crippen molar-refractivity contribution in [3.63, 3.8) is 0 Å². The number of fused-ring (bicyclic) bond motifs is 2. The van der Waals surface area contributed by atoms with Gasteiger partial charge in [-0.3, -0.25) is 9.50 Å². The first-order chi connectivity index (χ1) is 14.6. The molecule has 5 rings (SSSR count). The number of aliphatic hydroxyl groups excluding tert-OH is 1. The van der Waals surface area contributed by atoms with Crippen molar-refractivity contribution in [2.24, 2.45) is 0 Å². The summed E-state index contributed by atoms with van der Waals surface area (Å²) < 4.78 is 3.08. The minimum absolute atomic E-state index is 0.294.